The second-order valence-electron chi connectivity index (χ2n) is 13.1. The van der Waals surface area contributed by atoms with Gasteiger partial charge < -0.3 is 8.83 Å². The summed E-state index contributed by atoms with van der Waals surface area (Å²) in [6.45, 7) is 0. The van der Waals surface area contributed by atoms with Crippen molar-refractivity contribution in [2.24, 2.45) is 0 Å². The summed E-state index contributed by atoms with van der Waals surface area (Å²) in [7, 11) is 0. The highest BCUT2D eigenvalue weighted by Crippen LogP contribution is 2.45. The Labute approximate surface area is 297 Å². The molecule has 5 heteroatoms. The second kappa shape index (κ2) is 11.2. The lowest BCUT2D eigenvalue weighted by Crippen LogP contribution is -2.01. The molecule has 0 spiro atoms. The van der Waals surface area contributed by atoms with Crippen molar-refractivity contribution in [3.63, 3.8) is 0 Å². The Balaban J connectivity index is 1.24. The number of furan rings is 2. The van der Waals surface area contributed by atoms with Gasteiger partial charge in [-0.25, -0.2) is 15.0 Å². The van der Waals surface area contributed by atoms with Crippen LogP contribution in [0.2, 0.25) is 0 Å². The Hall–Kier alpha value is -7.11. The van der Waals surface area contributed by atoms with E-state index in [0.29, 0.717) is 17.5 Å². The Kier molecular flexibility index (Phi) is 6.18. The number of hydrogen-bond donors (Lipinski definition) is 0. The number of rotatable bonds is 4. The SMILES string of the molecule is c1ccc(-c2nc(-c3ccc4c(ccc5ccccc54)c3)nc(-c3c(-c4cccc5oc6ccccc6c45)ccc4oc5ccccc5c34)n2)cc1. The molecule has 0 bridgehead atoms. The van der Waals surface area contributed by atoms with Gasteiger partial charge in [-0.05, 0) is 69.1 Å². The van der Waals surface area contributed by atoms with Gasteiger partial charge >= 0.3 is 0 Å². The lowest BCUT2D eigenvalue weighted by molar-refractivity contribution is 0.669. The van der Waals surface area contributed by atoms with Crippen LogP contribution in [0.25, 0.3) is 111 Å². The number of hydrogen-bond acceptors (Lipinski definition) is 5. The Morgan fingerprint density at radius 3 is 1.73 bits per heavy atom. The van der Waals surface area contributed by atoms with Gasteiger partial charge in [-0.3, -0.25) is 0 Å². The maximum Gasteiger partial charge on any atom is 0.165 e. The minimum Gasteiger partial charge on any atom is -0.456 e. The van der Waals surface area contributed by atoms with Crippen molar-refractivity contribution in [3.05, 3.63) is 164 Å². The summed E-state index contributed by atoms with van der Waals surface area (Å²) in [5.74, 6) is 1.77. The first-order valence-corrected chi connectivity index (χ1v) is 17.4. The number of nitrogens with zero attached hydrogens (tertiary/aromatic N) is 3. The van der Waals surface area contributed by atoms with Crippen LogP contribution in [-0.4, -0.2) is 15.0 Å². The van der Waals surface area contributed by atoms with E-state index in [0.717, 1.165) is 77.1 Å². The average Bonchev–Trinajstić information content (AvgIpc) is 3.79. The summed E-state index contributed by atoms with van der Waals surface area (Å²) in [4.78, 5) is 15.7. The van der Waals surface area contributed by atoms with E-state index in [1.165, 1.54) is 16.2 Å². The van der Waals surface area contributed by atoms with Gasteiger partial charge in [0.1, 0.15) is 22.3 Å². The molecule has 0 atom stereocenters. The fraction of sp³-hybridized carbons (Fsp3) is 0. The molecule has 0 aliphatic heterocycles. The molecule has 0 radical (unpaired) electrons. The molecule has 242 valence electrons. The molecular formula is C47H27N3O2. The maximum atomic E-state index is 6.47. The van der Waals surface area contributed by atoms with Crippen LogP contribution in [0.3, 0.4) is 0 Å². The van der Waals surface area contributed by atoms with Crippen molar-refractivity contribution in [1.29, 1.82) is 0 Å². The normalized spacial score (nSPS) is 11.8. The van der Waals surface area contributed by atoms with E-state index in [1.807, 2.05) is 66.7 Å². The van der Waals surface area contributed by atoms with Gasteiger partial charge in [-0.1, -0.05) is 127 Å². The molecule has 0 saturated carbocycles. The molecule has 52 heavy (non-hydrogen) atoms. The third kappa shape index (κ3) is 4.39. The number of aromatic nitrogens is 3. The fourth-order valence-electron chi connectivity index (χ4n) is 7.76. The Morgan fingerprint density at radius 1 is 0.327 bits per heavy atom. The van der Waals surface area contributed by atoms with Crippen molar-refractivity contribution in [2.75, 3.05) is 0 Å². The molecule has 0 fully saturated rings. The van der Waals surface area contributed by atoms with Crippen molar-refractivity contribution in [2.45, 2.75) is 0 Å². The van der Waals surface area contributed by atoms with E-state index in [1.54, 1.807) is 0 Å². The monoisotopic (exact) mass is 665 g/mol. The molecule has 3 aromatic heterocycles. The summed E-state index contributed by atoms with van der Waals surface area (Å²) in [5.41, 5.74) is 7.97. The largest absolute Gasteiger partial charge is 0.456 e. The molecule has 8 aromatic carbocycles. The summed E-state index contributed by atoms with van der Waals surface area (Å²) in [6, 6.07) is 56.2. The topological polar surface area (TPSA) is 65.0 Å². The van der Waals surface area contributed by atoms with E-state index in [-0.39, 0.29) is 0 Å². The van der Waals surface area contributed by atoms with E-state index in [2.05, 4.69) is 97.1 Å². The molecule has 0 saturated heterocycles. The summed E-state index contributed by atoms with van der Waals surface area (Å²) >= 11 is 0. The minimum atomic E-state index is 0.569. The number of para-hydroxylation sites is 2. The molecule has 5 nitrogen and oxygen atoms in total. The smallest absolute Gasteiger partial charge is 0.165 e. The van der Waals surface area contributed by atoms with Crippen molar-refractivity contribution >= 4 is 65.4 Å². The molecule has 0 aliphatic carbocycles. The van der Waals surface area contributed by atoms with Crippen molar-refractivity contribution in [1.82, 2.24) is 15.0 Å². The van der Waals surface area contributed by atoms with Gasteiger partial charge in [-0.2, -0.15) is 0 Å². The number of benzene rings is 8. The second-order valence-corrected chi connectivity index (χ2v) is 13.1. The summed E-state index contributed by atoms with van der Waals surface area (Å²) < 4.78 is 12.8. The van der Waals surface area contributed by atoms with Gasteiger partial charge in [0.2, 0.25) is 0 Å². The molecule has 0 N–H and O–H groups in total. The van der Waals surface area contributed by atoms with Crippen molar-refractivity contribution < 1.29 is 8.83 Å². The standard InChI is InChI=1S/C47H27N3O2/c1-2-12-29(13-3-1)45-48-46(31-23-24-33-30(27-31)22-21-28-11-4-5-14-32(28)33)50-47(49-45)44-35(25-26-41-43(44)37-16-7-9-19-39(37)52-41)34-17-10-20-40-42(34)36-15-6-8-18-38(36)51-40/h1-27H. The summed E-state index contributed by atoms with van der Waals surface area (Å²) in [5, 5.41) is 8.81. The lowest BCUT2D eigenvalue weighted by atomic mass is 9.92. The highest BCUT2D eigenvalue weighted by atomic mass is 16.3. The zero-order chi connectivity index (χ0) is 34.2. The van der Waals surface area contributed by atoms with Crippen LogP contribution in [0.5, 0.6) is 0 Å². The van der Waals surface area contributed by atoms with Crippen molar-refractivity contribution in [3.8, 4) is 45.3 Å². The van der Waals surface area contributed by atoms with Gasteiger partial charge in [-0.15, -0.1) is 0 Å². The fourth-order valence-corrected chi connectivity index (χ4v) is 7.76. The Morgan fingerprint density at radius 2 is 0.923 bits per heavy atom. The molecule has 3 heterocycles. The Bertz CT molecular complexity index is 3190. The van der Waals surface area contributed by atoms with E-state index in [4.69, 9.17) is 23.8 Å². The van der Waals surface area contributed by atoms with Crippen LogP contribution in [-0.2, 0) is 0 Å². The van der Waals surface area contributed by atoms with Gasteiger partial charge in [0.05, 0.1) is 0 Å². The highest BCUT2D eigenvalue weighted by molar-refractivity contribution is 6.19. The minimum absolute atomic E-state index is 0.569. The first-order valence-electron chi connectivity index (χ1n) is 17.4. The third-order valence-corrected chi connectivity index (χ3v) is 10.1. The lowest BCUT2D eigenvalue weighted by Gasteiger charge is -2.14. The van der Waals surface area contributed by atoms with E-state index < -0.39 is 0 Å². The van der Waals surface area contributed by atoms with Crippen LogP contribution in [0.1, 0.15) is 0 Å². The van der Waals surface area contributed by atoms with Gasteiger partial charge in [0, 0.05) is 38.2 Å². The van der Waals surface area contributed by atoms with Crippen LogP contribution in [0.15, 0.2) is 173 Å². The molecule has 0 aliphatic rings. The van der Waals surface area contributed by atoms with E-state index >= 15 is 0 Å². The van der Waals surface area contributed by atoms with Crippen LogP contribution in [0.4, 0.5) is 0 Å². The quantitative estimate of drug-likeness (QED) is 0.175. The molecule has 0 unspecified atom stereocenters. The highest BCUT2D eigenvalue weighted by Gasteiger charge is 2.24. The van der Waals surface area contributed by atoms with Crippen LogP contribution < -0.4 is 0 Å². The zero-order valence-corrected chi connectivity index (χ0v) is 27.7. The molecule has 0 amide bonds. The molecule has 11 rings (SSSR count). The first kappa shape index (κ1) is 28.7. The number of fused-ring (bicyclic) bond motifs is 9. The summed E-state index contributed by atoms with van der Waals surface area (Å²) in [6.07, 6.45) is 0. The van der Waals surface area contributed by atoms with Gasteiger partial charge in [0.25, 0.3) is 0 Å². The average molecular weight is 666 g/mol. The van der Waals surface area contributed by atoms with Gasteiger partial charge in [0.15, 0.2) is 17.5 Å². The third-order valence-electron chi connectivity index (χ3n) is 10.1. The predicted molar refractivity (Wildman–Crippen MR) is 211 cm³/mol. The van der Waals surface area contributed by atoms with Crippen LogP contribution >= 0.6 is 0 Å². The maximum absolute atomic E-state index is 6.47. The molecule has 11 aromatic rings. The molecular weight excluding hydrogens is 639 g/mol. The van der Waals surface area contributed by atoms with E-state index in [9.17, 15) is 0 Å². The van der Waals surface area contributed by atoms with Crippen LogP contribution in [0, 0.1) is 0 Å². The zero-order valence-electron chi connectivity index (χ0n) is 27.7. The first-order chi connectivity index (χ1) is 25.8. The predicted octanol–water partition coefficient (Wildman–Crippen LogP) is 12.6.